The van der Waals surface area contributed by atoms with E-state index in [1.807, 2.05) is 0 Å². The van der Waals surface area contributed by atoms with Gasteiger partial charge >= 0.3 is 5.97 Å². The van der Waals surface area contributed by atoms with Crippen LogP contribution in [0.3, 0.4) is 0 Å². The van der Waals surface area contributed by atoms with Gasteiger partial charge in [0.2, 0.25) is 0 Å². The van der Waals surface area contributed by atoms with Gasteiger partial charge < -0.3 is 15.2 Å². The lowest BCUT2D eigenvalue weighted by Gasteiger charge is -2.15. The molecule has 1 aromatic carbocycles. The molecule has 1 aromatic rings. The molecule has 0 aliphatic rings. The Morgan fingerprint density at radius 1 is 1.50 bits per heavy atom. The van der Waals surface area contributed by atoms with Crippen molar-refractivity contribution in [2.45, 2.75) is 25.8 Å². The molecule has 1 atom stereocenters. The molecular weight excluding hydrogens is 258 g/mol. The molecule has 0 heterocycles. The summed E-state index contributed by atoms with van der Waals surface area (Å²) in [5.74, 6) is -0.798. The number of aliphatic carboxylic acids is 1. The van der Waals surface area contributed by atoms with E-state index in [-0.39, 0.29) is 0 Å². The third-order valence-corrected chi connectivity index (χ3v) is 2.94. The van der Waals surface area contributed by atoms with Gasteiger partial charge in [0, 0.05) is 5.56 Å². The number of hydrogen-bond acceptors (Lipinski definition) is 3. The number of carboxylic acid groups (broad SMARTS) is 1. The Morgan fingerprint density at radius 3 is 2.70 bits per heavy atom. The molecule has 0 aliphatic heterocycles. The normalized spacial score (nSPS) is 11.5. The van der Waals surface area contributed by atoms with Crippen LogP contribution >= 0.6 is 0 Å². The minimum Gasteiger partial charge on any atom is -0.497 e. The van der Waals surface area contributed by atoms with Crippen LogP contribution < -0.4 is 10.1 Å². The van der Waals surface area contributed by atoms with Crippen molar-refractivity contribution >= 4 is 11.9 Å². The van der Waals surface area contributed by atoms with Crippen LogP contribution in [0.15, 0.2) is 30.9 Å². The van der Waals surface area contributed by atoms with Crippen LogP contribution in [0.25, 0.3) is 0 Å². The predicted molar refractivity (Wildman–Crippen MR) is 76.1 cm³/mol. The minimum absolute atomic E-state index is 0.319. The maximum Gasteiger partial charge on any atom is 0.326 e. The molecule has 20 heavy (non-hydrogen) atoms. The highest BCUT2D eigenvalue weighted by atomic mass is 16.5. The Balaban J connectivity index is 2.83. The highest BCUT2D eigenvalue weighted by Gasteiger charge is 2.20. The molecular formula is C15H19NO4. The summed E-state index contributed by atoms with van der Waals surface area (Å²) in [4.78, 5) is 23.2. The second-order valence-corrected chi connectivity index (χ2v) is 4.41. The first-order chi connectivity index (χ1) is 9.49. The first-order valence-electron chi connectivity index (χ1n) is 6.28. The van der Waals surface area contributed by atoms with Gasteiger partial charge in [0.25, 0.3) is 5.91 Å². The number of hydrogen-bond donors (Lipinski definition) is 2. The molecule has 2 N–H and O–H groups in total. The lowest BCUT2D eigenvalue weighted by Crippen LogP contribution is -2.40. The van der Waals surface area contributed by atoms with E-state index in [1.165, 1.54) is 0 Å². The summed E-state index contributed by atoms with van der Waals surface area (Å²) in [6.45, 7) is 5.32. The Hall–Kier alpha value is -2.30. The molecule has 0 spiro atoms. The fraction of sp³-hybridized carbons (Fsp3) is 0.333. The van der Waals surface area contributed by atoms with E-state index < -0.39 is 17.9 Å². The predicted octanol–water partition coefficient (Wildman–Crippen LogP) is 2.15. The Labute approximate surface area is 118 Å². The van der Waals surface area contributed by atoms with Crippen molar-refractivity contribution in [3.05, 3.63) is 42.0 Å². The maximum atomic E-state index is 12.1. The highest BCUT2D eigenvalue weighted by Crippen LogP contribution is 2.17. The number of benzene rings is 1. The molecule has 0 saturated carbocycles. The molecule has 5 heteroatoms. The molecule has 0 saturated heterocycles. The highest BCUT2D eigenvalue weighted by molar-refractivity contribution is 5.97. The van der Waals surface area contributed by atoms with Crippen molar-refractivity contribution in [3.8, 4) is 5.75 Å². The summed E-state index contributed by atoms with van der Waals surface area (Å²) < 4.78 is 5.07. The van der Waals surface area contributed by atoms with Gasteiger partial charge in [0.05, 0.1) is 7.11 Å². The van der Waals surface area contributed by atoms with Crippen LogP contribution in [-0.4, -0.2) is 30.1 Å². The molecule has 0 bridgehead atoms. The van der Waals surface area contributed by atoms with E-state index in [0.29, 0.717) is 24.2 Å². The number of methoxy groups -OCH3 is 1. The fourth-order valence-corrected chi connectivity index (χ4v) is 1.80. The van der Waals surface area contributed by atoms with Crippen LogP contribution in [-0.2, 0) is 4.79 Å². The monoisotopic (exact) mass is 277 g/mol. The average Bonchev–Trinajstić information content (AvgIpc) is 2.42. The summed E-state index contributed by atoms with van der Waals surface area (Å²) in [7, 11) is 1.55. The zero-order valence-electron chi connectivity index (χ0n) is 11.7. The zero-order chi connectivity index (χ0) is 15.1. The number of ether oxygens (including phenoxy) is 1. The van der Waals surface area contributed by atoms with Crippen molar-refractivity contribution in [3.63, 3.8) is 0 Å². The van der Waals surface area contributed by atoms with E-state index >= 15 is 0 Å². The lowest BCUT2D eigenvalue weighted by atomic mass is 10.1. The number of carboxylic acids is 1. The summed E-state index contributed by atoms with van der Waals surface area (Å²) in [6, 6.07) is 4.10. The number of nitrogens with one attached hydrogen (secondary N) is 1. The van der Waals surface area contributed by atoms with Crippen molar-refractivity contribution in [2.24, 2.45) is 0 Å². The fourth-order valence-electron chi connectivity index (χ4n) is 1.80. The van der Waals surface area contributed by atoms with Crippen LogP contribution in [0.1, 0.15) is 28.8 Å². The second-order valence-electron chi connectivity index (χ2n) is 4.41. The van der Waals surface area contributed by atoms with Gasteiger partial charge in [-0.2, -0.15) is 0 Å². The molecule has 0 fully saturated rings. The molecule has 0 aliphatic carbocycles. The summed E-state index contributed by atoms with van der Waals surface area (Å²) in [5, 5.41) is 11.6. The number of rotatable bonds is 7. The smallest absolute Gasteiger partial charge is 0.326 e. The third kappa shape index (κ3) is 4.12. The quantitative estimate of drug-likeness (QED) is 0.749. The van der Waals surface area contributed by atoms with Crippen LogP contribution in [0.5, 0.6) is 5.75 Å². The molecule has 108 valence electrons. The van der Waals surface area contributed by atoms with E-state index in [1.54, 1.807) is 38.3 Å². The average molecular weight is 277 g/mol. The SMILES string of the molecule is C=CCCC(NC(=O)c1ccc(OC)cc1C)C(=O)O. The number of allylic oxidation sites excluding steroid dienone is 1. The zero-order valence-corrected chi connectivity index (χ0v) is 11.7. The van der Waals surface area contributed by atoms with Gasteiger partial charge in [0.15, 0.2) is 0 Å². The summed E-state index contributed by atoms with van der Waals surface area (Å²) >= 11 is 0. The molecule has 0 aromatic heterocycles. The van der Waals surface area contributed by atoms with E-state index in [9.17, 15) is 9.59 Å². The van der Waals surface area contributed by atoms with E-state index in [4.69, 9.17) is 9.84 Å². The Kier molecular flexibility index (Phi) is 5.77. The number of carbonyl (C=O) groups is 2. The van der Waals surface area contributed by atoms with Gasteiger partial charge in [-0.3, -0.25) is 4.79 Å². The van der Waals surface area contributed by atoms with Gasteiger partial charge in [-0.1, -0.05) is 6.08 Å². The van der Waals surface area contributed by atoms with Crippen molar-refractivity contribution < 1.29 is 19.4 Å². The minimum atomic E-state index is -1.05. The van der Waals surface area contributed by atoms with Crippen molar-refractivity contribution in [1.82, 2.24) is 5.32 Å². The number of aryl methyl sites for hydroxylation is 1. The Morgan fingerprint density at radius 2 is 2.20 bits per heavy atom. The first kappa shape index (κ1) is 15.8. The molecule has 5 nitrogen and oxygen atoms in total. The van der Waals surface area contributed by atoms with Gasteiger partial charge in [-0.15, -0.1) is 6.58 Å². The van der Waals surface area contributed by atoms with Gasteiger partial charge in [0.1, 0.15) is 11.8 Å². The van der Waals surface area contributed by atoms with Crippen LogP contribution in [0.4, 0.5) is 0 Å². The first-order valence-corrected chi connectivity index (χ1v) is 6.28. The van der Waals surface area contributed by atoms with E-state index in [0.717, 1.165) is 5.56 Å². The Bertz CT molecular complexity index is 511. The lowest BCUT2D eigenvalue weighted by molar-refractivity contribution is -0.139. The van der Waals surface area contributed by atoms with Crippen molar-refractivity contribution in [1.29, 1.82) is 0 Å². The maximum absolute atomic E-state index is 12.1. The molecule has 1 rings (SSSR count). The van der Waals surface area contributed by atoms with Crippen LogP contribution in [0, 0.1) is 6.92 Å². The number of amides is 1. The molecule has 1 unspecified atom stereocenters. The standard InChI is InChI=1S/C15H19NO4/c1-4-5-6-13(15(18)19)16-14(17)12-8-7-11(20-3)9-10(12)2/h4,7-9,13H,1,5-6H2,2-3H3,(H,16,17)(H,18,19). The largest absolute Gasteiger partial charge is 0.497 e. The second kappa shape index (κ2) is 7.33. The summed E-state index contributed by atoms with van der Waals surface area (Å²) in [5.41, 5.74) is 1.17. The third-order valence-electron chi connectivity index (χ3n) is 2.94. The van der Waals surface area contributed by atoms with E-state index in [2.05, 4.69) is 11.9 Å². The summed E-state index contributed by atoms with van der Waals surface area (Å²) in [6.07, 6.45) is 2.47. The van der Waals surface area contributed by atoms with Crippen molar-refractivity contribution in [2.75, 3.05) is 7.11 Å². The van der Waals surface area contributed by atoms with Gasteiger partial charge in [-0.25, -0.2) is 4.79 Å². The van der Waals surface area contributed by atoms with Crippen LogP contribution in [0.2, 0.25) is 0 Å². The molecule has 1 amide bonds. The van der Waals surface area contributed by atoms with Gasteiger partial charge in [-0.05, 0) is 43.5 Å². The number of carbonyl (C=O) groups excluding carboxylic acids is 1. The molecule has 0 radical (unpaired) electrons. The topological polar surface area (TPSA) is 75.6 Å².